The van der Waals surface area contributed by atoms with Gasteiger partial charge in [0.25, 0.3) is 0 Å². The van der Waals surface area contributed by atoms with Gasteiger partial charge in [0, 0.05) is 13.1 Å². The summed E-state index contributed by atoms with van der Waals surface area (Å²) >= 11 is 1.59. The van der Waals surface area contributed by atoms with Gasteiger partial charge in [-0.1, -0.05) is 24.3 Å². The molecule has 1 N–H and O–H groups in total. The highest BCUT2D eigenvalue weighted by atomic mass is 32.1. The Morgan fingerprint density at radius 2 is 1.96 bits per heavy atom. The molecule has 24 heavy (non-hydrogen) atoms. The number of hydrogen-bond donors (Lipinski definition) is 1. The molecule has 1 amide bonds. The molecular formula is C18H18N4OS. The van der Waals surface area contributed by atoms with E-state index < -0.39 is 0 Å². The number of carbonyl (C=O) groups excluding carboxylic acids is 1. The van der Waals surface area contributed by atoms with Gasteiger partial charge in [-0.3, -0.25) is 4.79 Å². The zero-order valence-electron chi connectivity index (χ0n) is 13.6. The lowest BCUT2D eigenvalue weighted by Crippen LogP contribution is -2.38. The number of nitrogens with one attached hydrogen (secondary N) is 1. The van der Waals surface area contributed by atoms with Crippen molar-refractivity contribution in [2.45, 2.75) is 33.0 Å². The molecule has 3 heterocycles. The smallest absolute Gasteiger partial charge is 0.245 e. The third-order valence-electron chi connectivity index (χ3n) is 4.43. The number of carbonyl (C=O) groups is 1. The van der Waals surface area contributed by atoms with Gasteiger partial charge in [0.1, 0.15) is 23.0 Å². The molecule has 0 fully saturated rings. The summed E-state index contributed by atoms with van der Waals surface area (Å²) in [5, 5.41) is 6.35. The topological polar surface area (TPSA) is 58.1 Å². The van der Waals surface area contributed by atoms with E-state index in [1.165, 1.54) is 11.1 Å². The average molecular weight is 338 g/mol. The maximum atomic E-state index is 12.8. The van der Waals surface area contributed by atoms with Gasteiger partial charge < -0.3 is 10.2 Å². The SMILES string of the molecule is Cc1csc2ncnc(N[C@H](C)C(=O)N3Cc4ccccc4C3)c12. The molecule has 1 aromatic carbocycles. The van der Waals surface area contributed by atoms with Crippen molar-refractivity contribution in [3.8, 4) is 0 Å². The lowest BCUT2D eigenvalue weighted by molar-refractivity contribution is -0.132. The van der Waals surface area contributed by atoms with Gasteiger partial charge in [0.2, 0.25) is 5.91 Å². The second-order valence-electron chi connectivity index (χ2n) is 6.15. The van der Waals surface area contributed by atoms with E-state index in [1.54, 1.807) is 17.7 Å². The lowest BCUT2D eigenvalue weighted by atomic mass is 10.1. The molecule has 6 heteroatoms. The Labute approximate surface area is 144 Å². The predicted molar refractivity (Wildman–Crippen MR) is 95.9 cm³/mol. The first-order valence-electron chi connectivity index (χ1n) is 7.94. The number of benzene rings is 1. The van der Waals surface area contributed by atoms with Crippen LogP contribution < -0.4 is 5.32 Å². The van der Waals surface area contributed by atoms with Crippen molar-refractivity contribution in [2.75, 3.05) is 5.32 Å². The molecule has 1 atom stereocenters. The van der Waals surface area contributed by atoms with Crippen LogP contribution in [0.5, 0.6) is 0 Å². The summed E-state index contributed by atoms with van der Waals surface area (Å²) < 4.78 is 0. The summed E-state index contributed by atoms with van der Waals surface area (Å²) in [4.78, 5) is 24.3. The average Bonchev–Trinajstić information content (AvgIpc) is 3.18. The summed E-state index contributed by atoms with van der Waals surface area (Å²) in [6.07, 6.45) is 1.55. The minimum atomic E-state index is -0.336. The molecular weight excluding hydrogens is 320 g/mol. The van der Waals surface area contributed by atoms with E-state index in [0.717, 1.165) is 21.6 Å². The molecule has 0 spiro atoms. The number of aromatic nitrogens is 2. The minimum Gasteiger partial charge on any atom is -0.358 e. The molecule has 4 rings (SSSR count). The molecule has 0 aliphatic carbocycles. The van der Waals surface area contributed by atoms with Gasteiger partial charge in [-0.05, 0) is 35.9 Å². The molecule has 0 saturated carbocycles. The number of anilines is 1. The third-order valence-corrected chi connectivity index (χ3v) is 5.43. The van der Waals surface area contributed by atoms with E-state index in [0.29, 0.717) is 13.1 Å². The van der Waals surface area contributed by atoms with Crippen LogP contribution in [-0.2, 0) is 17.9 Å². The van der Waals surface area contributed by atoms with Crippen LogP contribution >= 0.6 is 11.3 Å². The quantitative estimate of drug-likeness (QED) is 0.796. The monoisotopic (exact) mass is 338 g/mol. The number of fused-ring (bicyclic) bond motifs is 2. The van der Waals surface area contributed by atoms with Crippen LogP contribution in [0, 0.1) is 6.92 Å². The molecule has 0 unspecified atom stereocenters. The van der Waals surface area contributed by atoms with Crippen molar-refractivity contribution in [2.24, 2.45) is 0 Å². The largest absolute Gasteiger partial charge is 0.358 e. The van der Waals surface area contributed by atoms with E-state index in [1.807, 2.05) is 30.9 Å². The highest BCUT2D eigenvalue weighted by Gasteiger charge is 2.27. The number of hydrogen-bond acceptors (Lipinski definition) is 5. The fourth-order valence-corrected chi connectivity index (χ4v) is 4.05. The first-order chi connectivity index (χ1) is 11.6. The zero-order valence-corrected chi connectivity index (χ0v) is 14.4. The van der Waals surface area contributed by atoms with Crippen molar-refractivity contribution in [1.29, 1.82) is 0 Å². The van der Waals surface area contributed by atoms with Crippen LogP contribution in [0.2, 0.25) is 0 Å². The van der Waals surface area contributed by atoms with Gasteiger partial charge >= 0.3 is 0 Å². The normalized spacial score (nSPS) is 14.7. The Hall–Kier alpha value is -2.47. The number of nitrogens with zero attached hydrogens (tertiary/aromatic N) is 3. The van der Waals surface area contributed by atoms with E-state index in [-0.39, 0.29) is 11.9 Å². The summed E-state index contributed by atoms with van der Waals surface area (Å²) in [5.74, 6) is 0.821. The summed E-state index contributed by atoms with van der Waals surface area (Å²) in [5.41, 5.74) is 3.60. The Bertz CT molecular complexity index is 895. The highest BCUT2D eigenvalue weighted by molar-refractivity contribution is 7.17. The zero-order chi connectivity index (χ0) is 16.7. The summed E-state index contributed by atoms with van der Waals surface area (Å²) in [6, 6.07) is 7.88. The van der Waals surface area contributed by atoms with Crippen LogP contribution in [0.3, 0.4) is 0 Å². The number of thiophene rings is 1. The first kappa shape index (κ1) is 15.1. The van der Waals surface area contributed by atoms with Gasteiger partial charge in [-0.15, -0.1) is 11.3 Å². The predicted octanol–water partition coefficient (Wildman–Crippen LogP) is 3.34. The minimum absolute atomic E-state index is 0.0887. The van der Waals surface area contributed by atoms with E-state index >= 15 is 0 Å². The molecule has 3 aromatic rings. The fourth-order valence-electron chi connectivity index (χ4n) is 3.16. The number of amides is 1. The Morgan fingerprint density at radius 1 is 1.25 bits per heavy atom. The third kappa shape index (κ3) is 2.53. The van der Waals surface area contributed by atoms with Gasteiger partial charge in [0.05, 0.1) is 5.39 Å². The van der Waals surface area contributed by atoms with Gasteiger partial charge in [-0.2, -0.15) is 0 Å². The maximum absolute atomic E-state index is 12.8. The summed E-state index contributed by atoms with van der Waals surface area (Å²) in [6.45, 7) is 5.29. The van der Waals surface area contributed by atoms with Crippen molar-refractivity contribution in [1.82, 2.24) is 14.9 Å². The lowest BCUT2D eigenvalue weighted by Gasteiger charge is -2.22. The molecule has 0 radical (unpaired) electrons. The van der Waals surface area contributed by atoms with E-state index in [2.05, 4.69) is 32.8 Å². The molecule has 0 bridgehead atoms. The first-order valence-corrected chi connectivity index (χ1v) is 8.82. The summed E-state index contributed by atoms with van der Waals surface area (Å²) in [7, 11) is 0. The fraction of sp³-hybridized carbons (Fsp3) is 0.278. The maximum Gasteiger partial charge on any atom is 0.245 e. The van der Waals surface area contributed by atoms with Crippen LogP contribution in [0.1, 0.15) is 23.6 Å². The molecule has 2 aromatic heterocycles. The van der Waals surface area contributed by atoms with Crippen molar-refractivity contribution in [3.05, 3.63) is 52.7 Å². The van der Waals surface area contributed by atoms with Gasteiger partial charge in [0.15, 0.2) is 0 Å². The molecule has 5 nitrogen and oxygen atoms in total. The highest BCUT2D eigenvalue weighted by Crippen LogP contribution is 2.29. The van der Waals surface area contributed by atoms with Gasteiger partial charge in [-0.25, -0.2) is 9.97 Å². The Kier molecular flexibility index (Phi) is 3.69. The van der Waals surface area contributed by atoms with Crippen LogP contribution in [-0.4, -0.2) is 26.8 Å². The van der Waals surface area contributed by atoms with Crippen molar-refractivity contribution < 1.29 is 4.79 Å². The molecule has 0 saturated heterocycles. The van der Waals surface area contributed by atoms with Crippen LogP contribution in [0.15, 0.2) is 36.0 Å². The van der Waals surface area contributed by atoms with Crippen LogP contribution in [0.4, 0.5) is 5.82 Å². The number of rotatable bonds is 3. The number of aryl methyl sites for hydroxylation is 1. The van der Waals surface area contributed by atoms with E-state index in [9.17, 15) is 4.79 Å². The Balaban J connectivity index is 1.53. The molecule has 1 aliphatic heterocycles. The Morgan fingerprint density at radius 3 is 2.67 bits per heavy atom. The second-order valence-corrected chi connectivity index (χ2v) is 7.01. The van der Waals surface area contributed by atoms with Crippen molar-refractivity contribution >= 4 is 33.3 Å². The second kappa shape index (κ2) is 5.87. The standard InChI is InChI=1S/C18H18N4OS/c1-11-9-24-17-15(11)16(19-10-20-17)21-12(2)18(23)22-7-13-5-3-4-6-14(13)8-22/h3-6,9-10,12H,7-8H2,1-2H3,(H,19,20,21)/t12-/m1/s1. The molecule has 122 valence electrons. The van der Waals surface area contributed by atoms with Crippen molar-refractivity contribution in [3.63, 3.8) is 0 Å². The van der Waals surface area contributed by atoms with Crippen LogP contribution in [0.25, 0.3) is 10.2 Å². The molecule has 1 aliphatic rings. The van der Waals surface area contributed by atoms with E-state index in [4.69, 9.17) is 0 Å².